The summed E-state index contributed by atoms with van der Waals surface area (Å²) in [6.45, 7) is 1.65. The lowest BCUT2D eigenvalue weighted by atomic mass is 10.1. The van der Waals surface area contributed by atoms with Crippen LogP contribution in [0, 0.1) is 0 Å². The predicted molar refractivity (Wildman–Crippen MR) is 93.3 cm³/mol. The zero-order valence-electron chi connectivity index (χ0n) is 15.3. The fourth-order valence-electron chi connectivity index (χ4n) is 2.85. The Kier molecular flexibility index (Phi) is 6.82. The van der Waals surface area contributed by atoms with Crippen LogP contribution in [-0.4, -0.2) is 75.1 Å². The van der Waals surface area contributed by atoms with E-state index < -0.39 is 5.97 Å². The molecule has 142 valence electrons. The monoisotopic (exact) mass is 364 g/mol. The Labute approximate surface area is 152 Å². The van der Waals surface area contributed by atoms with Crippen LogP contribution < -0.4 is 9.47 Å². The van der Waals surface area contributed by atoms with E-state index in [4.69, 9.17) is 9.47 Å². The summed E-state index contributed by atoms with van der Waals surface area (Å²) in [5.74, 6) is 0.186. The van der Waals surface area contributed by atoms with Gasteiger partial charge in [0.05, 0.1) is 27.8 Å². The molecule has 0 radical (unpaired) electrons. The zero-order valence-corrected chi connectivity index (χ0v) is 15.3. The highest BCUT2D eigenvalue weighted by atomic mass is 16.5. The van der Waals surface area contributed by atoms with Crippen molar-refractivity contribution in [3.8, 4) is 11.5 Å². The molecule has 0 saturated carbocycles. The quantitative estimate of drug-likeness (QED) is 0.699. The molecule has 0 aromatic heterocycles. The van der Waals surface area contributed by atoms with E-state index in [0.29, 0.717) is 43.2 Å². The Bertz CT molecular complexity index is 645. The van der Waals surface area contributed by atoms with E-state index in [1.165, 1.54) is 21.3 Å². The molecule has 0 unspecified atom stereocenters. The highest BCUT2D eigenvalue weighted by molar-refractivity contribution is 6.00. The van der Waals surface area contributed by atoms with Crippen molar-refractivity contribution in [2.24, 2.45) is 0 Å². The van der Waals surface area contributed by atoms with Crippen LogP contribution in [0.15, 0.2) is 18.2 Å². The Morgan fingerprint density at radius 1 is 0.885 bits per heavy atom. The van der Waals surface area contributed by atoms with Gasteiger partial charge in [-0.15, -0.1) is 0 Å². The molecule has 1 fully saturated rings. The minimum absolute atomic E-state index is 0.0624. The van der Waals surface area contributed by atoms with Gasteiger partial charge in [-0.1, -0.05) is 6.07 Å². The smallest absolute Gasteiger partial charge is 0.306 e. The maximum atomic E-state index is 12.9. The van der Waals surface area contributed by atoms with Crippen molar-refractivity contribution in [3.05, 3.63) is 23.8 Å². The van der Waals surface area contributed by atoms with Crippen molar-refractivity contribution in [1.29, 1.82) is 0 Å². The molecule has 1 heterocycles. The highest BCUT2D eigenvalue weighted by Gasteiger charge is 2.28. The second kappa shape index (κ2) is 9.07. The van der Waals surface area contributed by atoms with Crippen LogP contribution in [-0.2, 0) is 14.3 Å². The molecule has 0 aliphatic carbocycles. The first-order valence-corrected chi connectivity index (χ1v) is 8.36. The van der Waals surface area contributed by atoms with E-state index in [1.807, 2.05) is 0 Å². The summed E-state index contributed by atoms with van der Waals surface area (Å²) in [4.78, 5) is 39.5. The number of amides is 2. The van der Waals surface area contributed by atoms with Gasteiger partial charge in [0.2, 0.25) is 5.91 Å². The van der Waals surface area contributed by atoms with Crippen molar-refractivity contribution in [2.45, 2.75) is 12.8 Å². The van der Waals surface area contributed by atoms with Gasteiger partial charge in [0.15, 0.2) is 0 Å². The Morgan fingerprint density at radius 2 is 1.42 bits per heavy atom. The normalized spacial score (nSPS) is 14.0. The van der Waals surface area contributed by atoms with Gasteiger partial charge in [0.1, 0.15) is 17.1 Å². The number of benzene rings is 1. The summed E-state index contributed by atoms with van der Waals surface area (Å²) in [6, 6.07) is 5.18. The Morgan fingerprint density at radius 3 is 1.92 bits per heavy atom. The lowest BCUT2D eigenvalue weighted by molar-refractivity contribution is -0.143. The van der Waals surface area contributed by atoms with Crippen LogP contribution in [0.3, 0.4) is 0 Å². The van der Waals surface area contributed by atoms with Gasteiger partial charge in [0.25, 0.3) is 5.91 Å². The van der Waals surface area contributed by atoms with Gasteiger partial charge in [-0.25, -0.2) is 0 Å². The SMILES string of the molecule is COC(=O)CCC(=O)N1CCN(C(=O)c2c(OC)cccc2OC)CC1. The number of ether oxygens (including phenoxy) is 3. The third-order valence-corrected chi connectivity index (χ3v) is 4.33. The van der Waals surface area contributed by atoms with E-state index >= 15 is 0 Å². The number of carbonyl (C=O) groups is 3. The van der Waals surface area contributed by atoms with E-state index in [1.54, 1.807) is 28.0 Å². The van der Waals surface area contributed by atoms with Crippen molar-refractivity contribution in [2.75, 3.05) is 47.5 Å². The Balaban J connectivity index is 1.99. The first-order valence-electron chi connectivity index (χ1n) is 8.36. The van der Waals surface area contributed by atoms with E-state index in [9.17, 15) is 14.4 Å². The minimum atomic E-state index is -0.407. The third-order valence-electron chi connectivity index (χ3n) is 4.33. The summed E-state index contributed by atoms with van der Waals surface area (Å²) in [5, 5.41) is 0. The van der Waals surface area contributed by atoms with Gasteiger partial charge in [-0.05, 0) is 12.1 Å². The zero-order chi connectivity index (χ0) is 19.1. The van der Waals surface area contributed by atoms with Crippen molar-refractivity contribution >= 4 is 17.8 Å². The Hall–Kier alpha value is -2.77. The maximum absolute atomic E-state index is 12.9. The molecule has 0 spiro atoms. The highest BCUT2D eigenvalue weighted by Crippen LogP contribution is 2.29. The largest absolute Gasteiger partial charge is 0.496 e. The topological polar surface area (TPSA) is 85.4 Å². The van der Waals surface area contributed by atoms with E-state index in [0.717, 1.165) is 0 Å². The fraction of sp³-hybridized carbons (Fsp3) is 0.500. The van der Waals surface area contributed by atoms with Crippen LogP contribution >= 0.6 is 0 Å². The molecule has 26 heavy (non-hydrogen) atoms. The lowest BCUT2D eigenvalue weighted by Gasteiger charge is -2.35. The van der Waals surface area contributed by atoms with Crippen LogP contribution in [0.25, 0.3) is 0 Å². The molecule has 2 amide bonds. The molecule has 0 bridgehead atoms. The number of hydrogen-bond donors (Lipinski definition) is 0. The summed E-state index contributed by atoms with van der Waals surface area (Å²) in [6.07, 6.45) is 0.174. The van der Waals surface area contributed by atoms with Crippen LogP contribution in [0.5, 0.6) is 11.5 Å². The van der Waals surface area contributed by atoms with Gasteiger partial charge in [-0.3, -0.25) is 14.4 Å². The molecule has 2 rings (SSSR count). The molecule has 1 aromatic carbocycles. The summed E-state index contributed by atoms with van der Waals surface area (Å²) >= 11 is 0. The van der Waals surface area contributed by atoms with Gasteiger partial charge < -0.3 is 24.0 Å². The number of methoxy groups -OCH3 is 3. The third kappa shape index (κ3) is 4.44. The molecule has 0 N–H and O–H groups in total. The average molecular weight is 364 g/mol. The number of rotatable bonds is 6. The first-order chi connectivity index (χ1) is 12.5. The van der Waals surface area contributed by atoms with Crippen molar-refractivity contribution < 1.29 is 28.6 Å². The second-order valence-corrected chi connectivity index (χ2v) is 5.79. The van der Waals surface area contributed by atoms with Gasteiger partial charge in [0, 0.05) is 32.6 Å². The summed E-state index contributed by atoms with van der Waals surface area (Å²) < 4.78 is 15.1. The number of esters is 1. The standard InChI is InChI=1S/C18H24N2O6/c1-24-13-5-4-6-14(25-2)17(13)18(23)20-11-9-19(10-12-20)15(21)7-8-16(22)26-3/h4-6H,7-12H2,1-3H3. The number of nitrogens with zero attached hydrogens (tertiary/aromatic N) is 2. The average Bonchev–Trinajstić information content (AvgIpc) is 2.70. The maximum Gasteiger partial charge on any atom is 0.306 e. The van der Waals surface area contributed by atoms with Crippen molar-refractivity contribution in [3.63, 3.8) is 0 Å². The van der Waals surface area contributed by atoms with Crippen LogP contribution in [0.1, 0.15) is 23.2 Å². The first kappa shape index (κ1) is 19.6. The van der Waals surface area contributed by atoms with E-state index in [-0.39, 0.29) is 24.7 Å². The van der Waals surface area contributed by atoms with Gasteiger partial charge in [-0.2, -0.15) is 0 Å². The molecule has 1 aromatic rings. The molecule has 1 aliphatic rings. The number of hydrogen-bond acceptors (Lipinski definition) is 6. The molecular formula is C18H24N2O6. The second-order valence-electron chi connectivity index (χ2n) is 5.79. The molecule has 1 aliphatic heterocycles. The number of piperazine rings is 1. The number of carbonyl (C=O) groups excluding carboxylic acids is 3. The predicted octanol–water partition coefficient (Wildman–Crippen LogP) is 0.941. The molecule has 8 nitrogen and oxygen atoms in total. The minimum Gasteiger partial charge on any atom is -0.496 e. The molecule has 1 saturated heterocycles. The van der Waals surface area contributed by atoms with Crippen molar-refractivity contribution in [1.82, 2.24) is 9.80 Å². The van der Waals surface area contributed by atoms with Gasteiger partial charge >= 0.3 is 5.97 Å². The molecule has 8 heteroatoms. The van der Waals surface area contributed by atoms with Crippen LogP contribution in [0.2, 0.25) is 0 Å². The van der Waals surface area contributed by atoms with Crippen LogP contribution in [0.4, 0.5) is 0 Å². The lowest BCUT2D eigenvalue weighted by Crippen LogP contribution is -2.50. The summed E-state index contributed by atoms with van der Waals surface area (Å²) in [5.41, 5.74) is 0.378. The fourth-order valence-corrected chi connectivity index (χ4v) is 2.85. The molecule has 0 atom stereocenters. The molecular weight excluding hydrogens is 340 g/mol. The summed E-state index contributed by atoms with van der Waals surface area (Å²) in [7, 11) is 4.30. The van der Waals surface area contributed by atoms with E-state index in [2.05, 4.69) is 4.74 Å².